The van der Waals surface area contributed by atoms with E-state index in [1.54, 1.807) is 0 Å². The number of nitriles is 1. The van der Waals surface area contributed by atoms with E-state index in [-0.39, 0.29) is 33.4 Å². The minimum absolute atomic E-state index is 0.000559. The van der Waals surface area contributed by atoms with Crippen molar-refractivity contribution in [3.63, 3.8) is 0 Å². The number of carbonyl (C=O) groups is 1. The summed E-state index contributed by atoms with van der Waals surface area (Å²) < 4.78 is 53.0. The van der Waals surface area contributed by atoms with E-state index < -0.39 is 24.7 Å². The SMILES string of the molecule is COC(=O)C(C)Oc1cc(Oc2ccc(CC(F)(F)F)cc2Cl)ccc1C#N. The van der Waals surface area contributed by atoms with E-state index in [4.69, 9.17) is 21.1 Å². The molecule has 2 aromatic carbocycles. The van der Waals surface area contributed by atoms with E-state index in [2.05, 4.69) is 4.74 Å². The van der Waals surface area contributed by atoms with Crippen LogP contribution >= 0.6 is 11.6 Å². The second-order valence-electron chi connectivity index (χ2n) is 5.71. The predicted molar refractivity (Wildman–Crippen MR) is 94.5 cm³/mol. The molecule has 0 saturated carbocycles. The highest BCUT2D eigenvalue weighted by molar-refractivity contribution is 6.32. The number of carbonyl (C=O) groups excluding carboxylic acids is 1. The zero-order valence-electron chi connectivity index (χ0n) is 14.8. The van der Waals surface area contributed by atoms with Gasteiger partial charge in [-0.15, -0.1) is 0 Å². The minimum Gasteiger partial charge on any atom is -0.477 e. The monoisotopic (exact) mass is 413 g/mol. The number of esters is 1. The van der Waals surface area contributed by atoms with Gasteiger partial charge in [0.1, 0.15) is 23.3 Å². The van der Waals surface area contributed by atoms with Crippen LogP contribution in [0.2, 0.25) is 5.02 Å². The number of hydrogen-bond acceptors (Lipinski definition) is 5. The van der Waals surface area contributed by atoms with Gasteiger partial charge < -0.3 is 14.2 Å². The summed E-state index contributed by atoms with van der Waals surface area (Å²) in [5, 5.41) is 9.17. The minimum atomic E-state index is -4.35. The highest BCUT2D eigenvalue weighted by Crippen LogP contribution is 2.34. The third kappa shape index (κ3) is 5.79. The van der Waals surface area contributed by atoms with Crippen LogP contribution in [0.25, 0.3) is 0 Å². The van der Waals surface area contributed by atoms with Crippen LogP contribution < -0.4 is 9.47 Å². The molecule has 5 nitrogen and oxygen atoms in total. The van der Waals surface area contributed by atoms with Crippen LogP contribution in [-0.2, 0) is 16.0 Å². The Bertz CT molecular complexity index is 909. The average Bonchev–Trinajstić information content (AvgIpc) is 2.62. The van der Waals surface area contributed by atoms with E-state index in [9.17, 15) is 23.2 Å². The lowest BCUT2D eigenvalue weighted by atomic mass is 10.1. The third-order valence-electron chi connectivity index (χ3n) is 3.54. The second kappa shape index (κ2) is 8.85. The number of hydrogen-bond donors (Lipinski definition) is 0. The molecule has 9 heteroatoms. The summed E-state index contributed by atoms with van der Waals surface area (Å²) in [5.74, 6) is -0.193. The van der Waals surface area contributed by atoms with Crippen LogP contribution in [0.5, 0.6) is 17.2 Å². The Kier molecular flexibility index (Phi) is 6.75. The zero-order valence-corrected chi connectivity index (χ0v) is 15.6. The summed E-state index contributed by atoms with van der Waals surface area (Å²) >= 11 is 6.01. The third-order valence-corrected chi connectivity index (χ3v) is 3.83. The molecule has 0 radical (unpaired) electrons. The molecule has 0 saturated heterocycles. The van der Waals surface area contributed by atoms with Gasteiger partial charge in [-0.25, -0.2) is 4.79 Å². The molecule has 1 unspecified atom stereocenters. The molecule has 148 valence electrons. The van der Waals surface area contributed by atoms with Gasteiger partial charge in [0, 0.05) is 6.07 Å². The van der Waals surface area contributed by atoms with Gasteiger partial charge in [0.15, 0.2) is 6.10 Å². The predicted octanol–water partition coefficient (Wildman–Crippen LogP) is 5.05. The molecule has 0 bridgehead atoms. The molecule has 2 rings (SSSR count). The first-order valence-electron chi connectivity index (χ1n) is 7.94. The van der Waals surface area contributed by atoms with Crippen molar-refractivity contribution in [3.05, 3.63) is 52.5 Å². The summed E-state index contributed by atoms with van der Waals surface area (Å²) in [6, 6.07) is 9.93. The molecule has 0 N–H and O–H groups in total. The van der Waals surface area contributed by atoms with E-state index in [1.807, 2.05) is 6.07 Å². The molecule has 0 fully saturated rings. The zero-order chi connectivity index (χ0) is 20.9. The first kappa shape index (κ1) is 21.4. The molecule has 0 aromatic heterocycles. The lowest BCUT2D eigenvalue weighted by molar-refractivity contribution is -0.147. The van der Waals surface area contributed by atoms with Crippen LogP contribution in [0.1, 0.15) is 18.1 Å². The van der Waals surface area contributed by atoms with Crippen molar-refractivity contribution in [2.45, 2.75) is 25.6 Å². The number of benzene rings is 2. The molecular formula is C19H15ClF3NO4. The molecule has 0 spiro atoms. The Morgan fingerprint density at radius 2 is 1.93 bits per heavy atom. The second-order valence-corrected chi connectivity index (χ2v) is 6.12. The fourth-order valence-corrected chi connectivity index (χ4v) is 2.50. The quantitative estimate of drug-likeness (QED) is 0.620. The van der Waals surface area contributed by atoms with Gasteiger partial charge >= 0.3 is 12.1 Å². The van der Waals surface area contributed by atoms with Crippen molar-refractivity contribution in [1.29, 1.82) is 5.26 Å². The van der Waals surface area contributed by atoms with Crippen LogP contribution in [0.3, 0.4) is 0 Å². The summed E-state index contributed by atoms with van der Waals surface area (Å²) in [7, 11) is 1.21. The first-order valence-corrected chi connectivity index (χ1v) is 8.32. The molecule has 0 aliphatic carbocycles. The van der Waals surface area contributed by atoms with Gasteiger partial charge in [0.05, 0.1) is 24.1 Å². The van der Waals surface area contributed by atoms with E-state index in [0.29, 0.717) is 0 Å². The highest BCUT2D eigenvalue weighted by atomic mass is 35.5. The van der Waals surface area contributed by atoms with Crippen LogP contribution in [-0.4, -0.2) is 25.4 Å². The number of rotatable bonds is 6. The number of methoxy groups -OCH3 is 1. The average molecular weight is 414 g/mol. The van der Waals surface area contributed by atoms with E-state index in [1.165, 1.54) is 50.4 Å². The maximum atomic E-state index is 12.5. The number of ether oxygens (including phenoxy) is 3. The summed E-state index contributed by atoms with van der Waals surface area (Å²) in [6.07, 6.45) is -6.41. The largest absolute Gasteiger partial charge is 0.477 e. The Morgan fingerprint density at radius 3 is 2.50 bits per heavy atom. The first-order chi connectivity index (χ1) is 13.1. The van der Waals surface area contributed by atoms with Gasteiger partial charge in [-0.2, -0.15) is 18.4 Å². The number of alkyl halides is 3. The van der Waals surface area contributed by atoms with Crippen LogP contribution in [0.15, 0.2) is 36.4 Å². The Balaban J connectivity index is 2.23. The smallest absolute Gasteiger partial charge is 0.393 e. The summed E-state index contributed by atoms with van der Waals surface area (Å²) in [4.78, 5) is 11.5. The van der Waals surface area contributed by atoms with E-state index >= 15 is 0 Å². The Hall–Kier alpha value is -2.92. The molecule has 0 aliphatic heterocycles. The van der Waals surface area contributed by atoms with Crippen molar-refractivity contribution in [2.75, 3.05) is 7.11 Å². The topological polar surface area (TPSA) is 68.6 Å². The van der Waals surface area contributed by atoms with Gasteiger partial charge in [-0.1, -0.05) is 17.7 Å². The van der Waals surface area contributed by atoms with Crippen molar-refractivity contribution in [1.82, 2.24) is 0 Å². The van der Waals surface area contributed by atoms with Gasteiger partial charge in [0.2, 0.25) is 0 Å². The van der Waals surface area contributed by atoms with Gasteiger partial charge in [-0.05, 0) is 36.8 Å². The summed E-state index contributed by atoms with van der Waals surface area (Å²) in [6.45, 7) is 1.46. The fraction of sp³-hybridized carbons (Fsp3) is 0.263. The van der Waals surface area contributed by atoms with Crippen molar-refractivity contribution in [2.24, 2.45) is 0 Å². The normalized spacial score (nSPS) is 12.0. The van der Waals surface area contributed by atoms with Gasteiger partial charge in [-0.3, -0.25) is 0 Å². The molecule has 1 atom stereocenters. The lowest BCUT2D eigenvalue weighted by Gasteiger charge is -2.15. The lowest BCUT2D eigenvalue weighted by Crippen LogP contribution is -2.25. The van der Waals surface area contributed by atoms with E-state index in [0.717, 1.165) is 0 Å². The fourth-order valence-electron chi connectivity index (χ4n) is 2.26. The van der Waals surface area contributed by atoms with Crippen molar-refractivity contribution < 1.29 is 32.2 Å². The van der Waals surface area contributed by atoms with Crippen LogP contribution in [0, 0.1) is 11.3 Å². The van der Waals surface area contributed by atoms with Crippen molar-refractivity contribution >= 4 is 17.6 Å². The number of halogens is 4. The molecule has 0 amide bonds. The van der Waals surface area contributed by atoms with Gasteiger partial charge in [0.25, 0.3) is 0 Å². The highest BCUT2D eigenvalue weighted by Gasteiger charge is 2.28. The molecule has 28 heavy (non-hydrogen) atoms. The Labute approximate surface area is 164 Å². The molecule has 0 aliphatic rings. The molecule has 2 aromatic rings. The number of nitrogens with zero attached hydrogens (tertiary/aromatic N) is 1. The maximum Gasteiger partial charge on any atom is 0.393 e. The van der Waals surface area contributed by atoms with Crippen molar-refractivity contribution in [3.8, 4) is 23.3 Å². The standard InChI is InChI=1S/C19H15ClF3NO4/c1-11(18(25)26-2)27-17-8-14(5-4-13(17)10-24)28-16-6-3-12(7-15(16)20)9-19(21,22)23/h3-8,11H,9H2,1-2H3. The van der Waals surface area contributed by atoms with Crippen LogP contribution in [0.4, 0.5) is 13.2 Å². The summed E-state index contributed by atoms with van der Waals surface area (Å²) in [5.41, 5.74) is 0.162. The molecule has 0 heterocycles. The Morgan fingerprint density at radius 1 is 1.21 bits per heavy atom. The molecular weight excluding hydrogens is 399 g/mol. The maximum absolute atomic E-state index is 12.5.